The quantitative estimate of drug-likeness (QED) is 0.366. The van der Waals surface area contributed by atoms with Crippen molar-refractivity contribution in [3.8, 4) is 6.07 Å². The third-order valence-corrected chi connectivity index (χ3v) is 9.84. The average Bonchev–Trinajstić information content (AvgIpc) is 3.38. The molecule has 0 aliphatic carbocycles. The number of rotatable bonds is 7. The Labute approximate surface area is 228 Å². The number of anilines is 1. The number of imidazole rings is 1. The summed E-state index contributed by atoms with van der Waals surface area (Å²) < 4.78 is 53.7. The van der Waals surface area contributed by atoms with Crippen LogP contribution in [0.2, 0.25) is 0 Å². The first kappa shape index (κ1) is 26.6. The van der Waals surface area contributed by atoms with Crippen molar-refractivity contribution in [1.29, 1.82) is 5.26 Å². The minimum absolute atomic E-state index is 0.00620. The van der Waals surface area contributed by atoms with Gasteiger partial charge in [-0.25, -0.2) is 21.8 Å². The maximum atomic E-state index is 14.2. The molecule has 1 atom stereocenters. The zero-order chi connectivity index (χ0) is 27.6. The zero-order valence-electron chi connectivity index (χ0n) is 21.2. The summed E-state index contributed by atoms with van der Waals surface area (Å²) in [6.45, 7) is 0.877. The number of aromatic amines is 1. The van der Waals surface area contributed by atoms with Gasteiger partial charge in [-0.15, -0.1) is 0 Å². The molecule has 0 radical (unpaired) electrons. The lowest BCUT2D eigenvalue weighted by Crippen LogP contribution is -2.45. The Balaban J connectivity index is 1.62. The normalized spacial score (nSPS) is 16.3. The van der Waals surface area contributed by atoms with E-state index in [0.29, 0.717) is 30.6 Å². The number of fused-ring (bicyclic) bond motifs is 1. The van der Waals surface area contributed by atoms with Crippen LogP contribution in [0.4, 0.5) is 5.69 Å². The van der Waals surface area contributed by atoms with Gasteiger partial charge in [0.15, 0.2) is 9.84 Å². The average molecular weight is 562 g/mol. The molecule has 39 heavy (non-hydrogen) atoms. The van der Waals surface area contributed by atoms with E-state index in [4.69, 9.17) is 0 Å². The van der Waals surface area contributed by atoms with Crippen molar-refractivity contribution >= 4 is 25.5 Å². The van der Waals surface area contributed by atoms with E-state index >= 15 is 0 Å². The van der Waals surface area contributed by atoms with Crippen molar-refractivity contribution in [3.63, 3.8) is 0 Å². The Bertz CT molecular complexity index is 1710. The molecule has 1 aliphatic heterocycles. The van der Waals surface area contributed by atoms with Crippen LogP contribution in [0.25, 0.3) is 0 Å². The molecule has 0 saturated carbocycles. The van der Waals surface area contributed by atoms with E-state index in [-0.39, 0.29) is 16.3 Å². The molecule has 9 nitrogen and oxygen atoms in total. The number of aromatic nitrogens is 2. The molecule has 0 amide bonds. The van der Waals surface area contributed by atoms with Crippen molar-refractivity contribution in [2.24, 2.45) is 0 Å². The van der Waals surface area contributed by atoms with E-state index in [1.165, 1.54) is 28.6 Å². The predicted octanol–water partition coefficient (Wildman–Crippen LogP) is 3.51. The summed E-state index contributed by atoms with van der Waals surface area (Å²) in [7, 11) is -7.54. The van der Waals surface area contributed by atoms with Crippen molar-refractivity contribution in [3.05, 3.63) is 108 Å². The fraction of sp³-hybridized carbons (Fsp3) is 0.214. The van der Waals surface area contributed by atoms with Gasteiger partial charge in [0.05, 0.1) is 40.0 Å². The van der Waals surface area contributed by atoms with Gasteiger partial charge in [-0.2, -0.15) is 9.57 Å². The van der Waals surface area contributed by atoms with Crippen LogP contribution in [0.5, 0.6) is 0 Å². The second-order valence-corrected chi connectivity index (χ2v) is 13.4. The Kier molecular flexibility index (Phi) is 7.27. The first-order chi connectivity index (χ1) is 18.6. The molecule has 4 aromatic rings. The van der Waals surface area contributed by atoms with E-state index in [9.17, 15) is 22.1 Å². The lowest BCUT2D eigenvalue weighted by atomic mass is 10.1. The van der Waals surface area contributed by atoms with Gasteiger partial charge in [0.1, 0.15) is 0 Å². The summed E-state index contributed by atoms with van der Waals surface area (Å²) >= 11 is 0. The van der Waals surface area contributed by atoms with Gasteiger partial charge >= 0.3 is 0 Å². The predicted molar refractivity (Wildman–Crippen MR) is 147 cm³/mol. The molecule has 2 heterocycles. The number of sulfonamides is 1. The van der Waals surface area contributed by atoms with Crippen molar-refractivity contribution in [2.75, 3.05) is 17.7 Å². The molecular weight excluding hydrogens is 534 g/mol. The number of H-pyrrole nitrogens is 1. The van der Waals surface area contributed by atoms with Crippen LogP contribution < -0.4 is 4.90 Å². The summed E-state index contributed by atoms with van der Waals surface area (Å²) in [6.07, 6.45) is 4.94. The third kappa shape index (κ3) is 5.73. The van der Waals surface area contributed by atoms with Crippen LogP contribution in [-0.4, -0.2) is 50.0 Å². The monoisotopic (exact) mass is 561 g/mol. The summed E-state index contributed by atoms with van der Waals surface area (Å²) in [6, 6.07) is 22.0. The Morgan fingerprint density at radius 3 is 2.36 bits per heavy atom. The maximum absolute atomic E-state index is 14.2. The number of hydrogen-bond acceptors (Lipinski definition) is 7. The van der Waals surface area contributed by atoms with E-state index in [2.05, 4.69) is 20.9 Å². The summed E-state index contributed by atoms with van der Waals surface area (Å²) in [5.74, 6) is 0. The molecule has 0 fully saturated rings. The van der Waals surface area contributed by atoms with E-state index < -0.39 is 25.9 Å². The molecule has 5 rings (SSSR count). The third-order valence-electron chi connectivity index (χ3n) is 6.79. The van der Waals surface area contributed by atoms with E-state index in [1.807, 2.05) is 36.4 Å². The number of sulfone groups is 1. The second kappa shape index (κ2) is 10.6. The second-order valence-electron chi connectivity index (χ2n) is 9.53. The van der Waals surface area contributed by atoms with Crippen LogP contribution in [0.3, 0.4) is 0 Å². The van der Waals surface area contributed by atoms with Gasteiger partial charge in [-0.05, 0) is 60.0 Å². The molecule has 0 saturated heterocycles. The van der Waals surface area contributed by atoms with Crippen LogP contribution in [0.15, 0.2) is 95.1 Å². The van der Waals surface area contributed by atoms with Crippen molar-refractivity contribution < 1.29 is 16.8 Å². The first-order valence-corrected chi connectivity index (χ1v) is 15.6. The number of hydrogen-bond donors (Lipinski definition) is 1. The van der Waals surface area contributed by atoms with Crippen molar-refractivity contribution in [2.45, 2.75) is 35.3 Å². The van der Waals surface area contributed by atoms with Gasteiger partial charge in [-0.3, -0.25) is 0 Å². The Hall–Kier alpha value is -3.98. The van der Waals surface area contributed by atoms with Crippen LogP contribution in [-0.2, 0) is 39.4 Å². The number of nitriles is 1. The van der Waals surface area contributed by atoms with Crippen LogP contribution >= 0.6 is 0 Å². The van der Waals surface area contributed by atoms with Gasteiger partial charge in [-0.1, -0.05) is 30.3 Å². The van der Waals surface area contributed by atoms with Crippen LogP contribution in [0.1, 0.15) is 22.4 Å². The number of nitrogens with one attached hydrogen (secondary N) is 1. The Morgan fingerprint density at radius 2 is 1.72 bits per heavy atom. The molecule has 0 bridgehead atoms. The molecule has 1 aromatic heterocycles. The number of benzene rings is 3. The smallest absolute Gasteiger partial charge is 0.243 e. The zero-order valence-corrected chi connectivity index (χ0v) is 22.9. The van der Waals surface area contributed by atoms with E-state index in [1.54, 1.807) is 24.7 Å². The molecule has 3 aromatic carbocycles. The van der Waals surface area contributed by atoms with Gasteiger partial charge < -0.3 is 9.88 Å². The fourth-order valence-corrected chi connectivity index (χ4v) is 7.11. The molecule has 1 N–H and O–H groups in total. The molecule has 1 aliphatic rings. The SMILES string of the molecule is CS(=O)(=O)c1ccc(S(=O)(=O)N2Cc3cc(C#N)ccc3N(Cc3c[nH]cn3)C[C@H]2Cc2ccccc2)cc1. The van der Waals surface area contributed by atoms with Crippen molar-refractivity contribution in [1.82, 2.24) is 14.3 Å². The first-order valence-electron chi connectivity index (χ1n) is 12.3. The molecule has 0 spiro atoms. The fourth-order valence-electron chi connectivity index (χ4n) is 4.88. The molecule has 200 valence electrons. The highest BCUT2D eigenvalue weighted by Crippen LogP contribution is 2.34. The van der Waals surface area contributed by atoms with Gasteiger partial charge in [0.2, 0.25) is 10.0 Å². The molecule has 11 heteroatoms. The minimum atomic E-state index is -4.06. The van der Waals surface area contributed by atoms with Gasteiger partial charge in [0.25, 0.3) is 0 Å². The largest absolute Gasteiger partial charge is 0.364 e. The highest BCUT2D eigenvalue weighted by atomic mass is 32.2. The summed E-state index contributed by atoms with van der Waals surface area (Å²) in [5, 5.41) is 9.57. The highest BCUT2D eigenvalue weighted by molar-refractivity contribution is 7.90. The molecular formula is C28H27N5O4S2. The molecule has 0 unspecified atom stereocenters. The summed E-state index contributed by atoms with van der Waals surface area (Å²) in [5.41, 5.74) is 3.76. The van der Waals surface area contributed by atoms with Gasteiger partial charge in [0, 0.05) is 37.3 Å². The van der Waals surface area contributed by atoms with Crippen LogP contribution in [0, 0.1) is 11.3 Å². The summed E-state index contributed by atoms with van der Waals surface area (Å²) in [4.78, 5) is 9.49. The number of nitrogens with zero attached hydrogens (tertiary/aromatic N) is 4. The van der Waals surface area contributed by atoms with E-state index in [0.717, 1.165) is 23.2 Å². The topological polar surface area (TPSA) is 127 Å². The highest BCUT2D eigenvalue weighted by Gasteiger charge is 2.37. The lowest BCUT2D eigenvalue weighted by Gasteiger charge is -2.32. The lowest BCUT2D eigenvalue weighted by molar-refractivity contribution is 0.318. The maximum Gasteiger partial charge on any atom is 0.243 e. The minimum Gasteiger partial charge on any atom is -0.364 e. The standard InChI is InChI=1S/C28H27N5O4S2/c1-38(34,35)26-8-10-27(11-9-26)39(36,37)33-17-23-13-22(15-29)7-12-28(23)32(18-24-16-30-20-31-24)19-25(33)14-21-5-3-2-4-6-21/h2-13,16,20,25H,14,17-19H2,1H3,(H,30,31)/t25-/m1/s1. The Morgan fingerprint density at radius 1 is 1.00 bits per heavy atom.